The predicted molar refractivity (Wildman–Crippen MR) is 157 cm³/mol. The van der Waals surface area contributed by atoms with Crippen LogP contribution in [0.1, 0.15) is 59.9 Å². The lowest BCUT2D eigenvalue weighted by Gasteiger charge is -2.26. The van der Waals surface area contributed by atoms with E-state index in [1.54, 1.807) is 20.0 Å². The lowest BCUT2D eigenvalue weighted by molar-refractivity contribution is -0.143. The van der Waals surface area contributed by atoms with Crippen molar-refractivity contribution in [3.8, 4) is 0 Å². The molecule has 0 spiro atoms. The Balaban J connectivity index is 1.71. The number of carbonyl (C=O) groups is 1. The minimum atomic E-state index is -3.94. The van der Waals surface area contributed by atoms with Crippen molar-refractivity contribution in [3.63, 3.8) is 0 Å². The molecule has 0 radical (unpaired) electrons. The normalized spacial score (nSPS) is 15.9. The van der Waals surface area contributed by atoms with Crippen LogP contribution in [0.2, 0.25) is 0 Å². The highest BCUT2D eigenvalue weighted by Gasteiger charge is 2.30. The summed E-state index contributed by atoms with van der Waals surface area (Å²) in [5.41, 5.74) is 6.34. The van der Waals surface area contributed by atoms with Crippen LogP contribution in [-0.2, 0) is 37.1 Å². The first kappa shape index (κ1) is 30.0. The van der Waals surface area contributed by atoms with Crippen molar-refractivity contribution in [1.29, 1.82) is 0 Å². The molecule has 0 saturated carbocycles. The lowest BCUT2D eigenvalue weighted by Crippen LogP contribution is -2.37. The fourth-order valence-electron chi connectivity index (χ4n) is 4.91. The minimum absolute atomic E-state index is 0.140. The maximum atomic E-state index is 12.8. The molecule has 2 aromatic carbocycles. The van der Waals surface area contributed by atoms with Crippen molar-refractivity contribution in [2.45, 2.75) is 59.0 Å². The predicted octanol–water partition coefficient (Wildman–Crippen LogP) is 4.45. The van der Waals surface area contributed by atoms with Crippen LogP contribution < -0.4 is 5.32 Å². The molecule has 0 amide bonds. The number of fused-ring (bicyclic) bond motifs is 1. The zero-order valence-corrected chi connectivity index (χ0v) is 25.7. The number of ether oxygens (including phenoxy) is 1. The Morgan fingerprint density at radius 1 is 1.23 bits per heavy atom. The minimum Gasteiger partial charge on any atom is -0.466 e. The third kappa shape index (κ3) is 6.67. The van der Waals surface area contributed by atoms with Gasteiger partial charge in [-0.1, -0.05) is 45.4 Å². The fraction of sp³-hybridized carbons (Fsp3) is 0.464. The molecule has 4 rings (SSSR count). The Morgan fingerprint density at radius 2 is 2.02 bits per heavy atom. The molecule has 1 aromatic heterocycles. The number of halogens is 1. The van der Waals surface area contributed by atoms with Crippen molar-refractivity contribution >= 4 is 43.2 Å². The maximum absolute atomic E-state index is 12.8. The molecule has 1 N–H and O–H groups in total. The van der Waals surface area contributed by atoms with E-state index in [-0.39, 0.29) is 37.3 Å². The van der Waals surface area contributed by atoms with Gasteiger partial charge in [-0.15, -0.1) is 5.10 Å². The van der Waals surface area contributed by atoms with E-state index in [4.69, 9.17) is 8.92 Å². The smallest absolute Gasteiger partial charge is 0.387 e. The molecule has 12 heteroatoms. The number of benzene rings is 2. The first-order valence-electron chi connectivity index (χ1n) is 13.4. The third-order valence-electron chi connectivity index (χ3n) is 7.15. The number of rotatable bonds is 12. The summed E-state index contributed by atoms with van der Waals surface area (Å²) in [6.45, 7) is 7.14. The van der Waals surface area contributed by atoms with E-state index in [1.807, 2.05) is 48.9 Å². The fourth-order valence-corrected chi connectivity index (χ4v) is 6.34. The summed E-state index contributed by atoms with van der Waals surface area (Å²) in [6.07, 6.45) is 3.87. The molecule has 0 bridgehead atoms. The Labute approximate surface area is 244 Å². The van der Waals surface area contributed by atoms with E-state index < -0.39 is 10.3 Å². The standard InChI is InChI=1S/C28H36BrN5O5S/c1-5-38-27(35)17-24(23-10-11-25-28(20(23)3)31-32-34(25)14-7-6-13-29)21-9-8-19(2)22(16-21)18-33-15-12-26(30-4)39-40(33,36)37/h8-12,16,24,30H,5-7,13-15,17-18H2,1-4H3. The first-order chi connectivity index (χ1) is 19.2. The van der Waals surface area contributed by atoms with Gasteiger partial charge >= 0.3 is 16.3 Å². The van der Waals surface area contributed by atoms with Crippen molar-refractivity contribution < 1.29 is 22.1 Å². The van der Waals surface area contributed by atoms with Crippen molar-refractivity contribution in [1.82, 2.24) is 24.6 Å². The van der Waals surface area contributed by atoms with Gasteiger partial charge in [0.2, 0.25) is 5.88 Å². The van der Waals surface area contributed by atoms with Gasteiger partial charge in [0, 0.05) is 37.9 Å². The second-order valence-electron chi connectivity index (χ2n) is 9.76. The summed E-state index contributed by atoms with van der Waals surface area (Å²) in [7, 11) is -2.33. The summed E-state index contributed by atoms with van der Waals surface area (Å²) in [4.78, 5) is 12.8. The van der Waals surface area contributed by atoms with Gasteiger partial charge in [0.1, 0.15) is 5.52 Å². The molecule has 1 unspecified atom stereocenters. The maximum Gasteiger partial charge on any atom is 0.387 e. The van der Waals surface area contributed by atoms with Crippen LogP contribution in [0.25, 0.3) is 11.0 Å². The first-order valence-corrected chi connectivity index (χ1v) is 15.9. The van der Waals surface area contributed by atoms with Gasteiger partial charge in [-0.2, -0.15) is 12.7 Å². The number of hydrogen-bond acceptors (Lipinski definition) is 8. The molecule has 1 aliphatic heterocycles. The molecule has 3 aromatic rings. The number of nitrogens with zero attached hydrogens (tertiary/aromatic N) is 4. The zero-order chi connectivity index (χ0) is 28.9. The van der Waals surface area contributed by atoms with Gasteiger partial charge in [0.05, 0.1) is 18.5 Å². The van der Waals surface area contributed by atoms with Crippen LogP contribution >= 0.6 is 15.9 Å². The third-order valence-corrected chi connectivity index (χ3v) is 9.01. The molecule has 1 aliphatic rings. The number of unbranched alkanes of at least 4 members (excludes halogenated alkanes) is 1. The second-order valence-corrected chi connectivity index (χ2v) is 12.1. The van der Waals surface area contributed by atoms with Crippen molar-refractivity contribution in [2.75, 3.05) is 25.5 Å². The monoisotopic (exact) mass is 633 g/mol. The van der Waals surface area contributed by atoms with Crippen molar-refractivity contribution in [2.24, 2.45) is 0 Å². The Morgan fingerprint density at radius 3 is 2.73 bits per heavy atom. The molecular formula is C28H36BrN5O5S. The van der Waals surface area contributed by atoms with Crippen LogP contribution in [0.4, 0.5) is 0 Å². The second kappa shape index (κ2) is 13.1. The largest absolute Gasteiger partial charge is 0.466 e. The topological polar surface area (TPSA) is 116 Å². The van der Waals surface area contributed by atoms with Crippen molar-refractivity contribution in [3.05, 3.63) is 70.1 Å². The Bertz CT molecular complexity index is 1500. The van der Waals surface area contributed by atoms with Crippen LogP contribution in [0.5, 0.6) is 0 Å². The van der Waals surface area contributed by atoms with Crippen LogP contribution in [0.3, 0.4) is 0 Å². The van der Waals surface area contributed by atoms with Gasteiger partial charge in [0.15, 0.2) is 0 Å². The number of hydrogen-bond donors (Lipinski definition) is 1. The number of alkyl halides is 1. The molecule has 0 aliphatic carbocycles. The van der Waals surface area contributed by atoms with E-state index in [0.717, 1.165) is 63.6 Å². The summed E-state index contributed by atoms with van der Waals surface area (Å²) in [5, 5.41) is 12.5. The number of esters is 1. The Hall–Kier alpha value is -2.96. The van der Waals surface area contributed by atoms with Gasteiger partial charge < -0.3 is 14.2 Å². The van der Waals surface area contributed by atoms with Crippen LogP contribution in [-0.4, -0.2) is 59.2 Å². The van der Waals surface area contributed by atoms with Gasteiger partial charge in [0.25, 0.3) is 0 Å². The van der Waals surface area contributed by atoms with E-state index in [9.17, 15) is 13.2 Å². The van der Waals surface area contributed by atoms with Gasteiger partial charge in [-0.05, 0) is 73.6 Å². The van der Waals surface area contributed by atoms with Crippen LogP contribution in [0, 0.1) is 13.8 Å². The zero-order valence-electron chi connectivity index (χ0n) is 23.3. The highest BCUT2D eigenvalue weighted by atomic mass is 79.9. The van der Waals surface area contributed by atoms with E-state index in [1.165, 1.54) is 4.31 Å². The highest BCUT2D eigenvalue weighted by Crippen LogP contribution is 2.35. The van der Waals surface area contributed by atoms with E-state index >= 15 is 0 Å². The average Bonchev–Trinajstić information content (AvgIpc) is 3.34. The molecule has 216 valence electrons. The summed E-state index contributed by atoms with van der Waals surface area (Å²) >= 11 is 3.47. The highest BCUT2D eigenvalue weighted by molar-refractivity contribution is 9.09. The molecule has 0 fully saturated rings. The molecular weight excluding hydrogens is 598 g/mol. The summed E-state index contributed by atoms with van der Waals surface area (Å²) < 4.78 is 39.1. The van der Waals surface area contributed by atoms with E-state index in [2.05, 4.69) is 31.6 Å². The number of aromatic nitrogens is 3. The molecule has 0 saturated heterocycles. The van der Waals surface area contributed by atoms with E-state index in [0.29, 0.717) is 6.61 Å². The Kier molecular flexibility index (Phi) is 9.85. The molecule has 40 heavy (non-hydrogen) atoms. The lowest BCUT2D eigenvalue weighted by atomic mass is 9.84. The molecule has 2 heterocycles. The SMILES string of the molecule is CCOC(=O)CC(c1ccc(C)c(CN2CC=C(NC)OS2(=O)=O)c1)c1ccc2c(nnn2CCCCBr)c1C. The number of nitrogens with one attached hydrogen (secondary N) is 1. The average molecular weight is 635 g/mol. The summed E-state index contributed by atoms with van der Waals surface area (Å²) in [5.74, 6) is -0.405. The molecule has 10 nitrogen and oxygen atoms in total. The number of aryl methyl sites for hydroxylation is 3. The van der Waals surface area contributed by atoms with Gasteiger partial charge in [-0.3, -0.25) is 4.79 Å². The molecule has 1 atom stereocenters. The van der Waals surface area contributed by atoms with Crippen LogP contribution in [0.15, 0.2) is 42.3 Å². The quantitative estimate of drug-likeness (QED) is 0.177. The van der Waals surface area contributed by atoms with Gasteiger partial charge in [-0.25, -0.2) is 4.68 Å². The summed E-state index contributed by atoms with van der Waals surface area (Å²) in [6, 6.07) is 9.99. The number of carbonyl (C=O) groups excluding carboxylic acids is 1.